The van der Waals surface area contributed by atoms with Crippen molar-refractivity contribution in [3.05, 3.63) is 0 Å². The van der Waals surface area contributed by atoms with Crippen molar-refractivity contribution in [2.24, 2.45) is 10.7 Å². The van der Waals surface area contributed by atoms with Gasteiger partial charge in [-0.25, -0.2) is 4.79 Å². The van der Waals surface area contributed by atoms with Crippen LogP contribution in [0.3, 0.4) is 0 Å². The maximum atomic E-state index is 12.1. The highest BCUT2D eigenvalue weighted by molar-refractivity contribution is 5.89. The van der Waals surface area contributed by atoms with Crippen LogP contribution in [0, 0.1) is 0 Å². The Morgan fingerprint density at radius 1 is 1.53 bits per heavy atom. The quantitative estimate of drug-likeness (QED) is 0.632. The van der Waals surface area contributed by atoms with Crippen LogP contribution in [0.1, 0.15) is 53.9 Å². The van der Waals surface area contributed by atoms with E-state index >= 15 is 0 Å². The summed E-state index contributed by atoms with van der Waals surface area (Å²) in [6.45, 7) is 10.4. The molecule has 0 aromatic heterocycles. The van der Waals surface area contributed by atoms with E-state index in [4.69, 9.17) is 10.5 Å². The maximum Gasteiger partial charge on any atom is 0.410 e. The van der Waals surface area contributed by atoms with Gasteiger partial charge in [-0.2, -0.15) is 0 Å². The van der Waals surface area contributed by atoms with Crippen molar-refractivity contribution >= 4 is 11.9 Å². The molecule has 1 unspecified atom stereocenters. The fourth-order valence-electron chi connectivity index (χ4n) is 2.05. The molecule has 5 nitrogen and oxygen atoms in total. The second-order valence-electron chi connectivity index (χ2n) is 6.14. The number of likely N-dealkylation sites (tertiary alicyclic amines) is 1. The van der Waals surface area contributed by atoms with Gasteiger partial charge in [-0.3, -0.25) is 9.89 Å². The van der Waals surface area contributed by atoms with Crippen LogP contribution >= 0.6 is 0 Å². The lowest BCUT2D eigenvalue weighted by molar-refractivity contribution is 0.0265. The van der Waals surface area contributed by atoms with Crippen molar-refractivity contribution in [2.75, 3.05) is 6.54 Å². The van der Waals surface area contributed by atoms with E-state index in [1.165, 1.54) is 0 Å². The number of amides is 1. The van der Waals surface area contributed by atoms with Gasteiger partial charge in [-0.1, -0.05) is 6.92 Å². The van der Waals surface area contributed by atoms with Gasteiger partial charge in [0, 0.05) is 12.6 Å². The van der Waals surface area contributed by atoms with Crippen LogP contribution in [0.15, 0.2) is 4.99 Å². The lowest BCUT2D eigenvalue weighted by atomic mass is 10.2. The summed E-state index contributed by atoms with van der Waals surface area (Å²) in [6.07, 6.45) is 2.46. The van der Waals surface area contributed by atoms with Crippen LogP contribution < -0.4 is 5.73 Å². The minimum atomic E-state index is -0.479. The van der Waals surface area contributed by atoms with E-state index in [9.17, 15) is 4.79 Å². The third-order valence-corrected chi connectivity index (χ3v) is 3.18. The number of nitrogens with zero attached hydrogens (tertiary/aromatic N) is 2. The van der Waals surface area contributed by atoms with Crippen molar-refractivity contribution in [2.45, 2.75) is 71.6 Å². The minimum absolute atomic E-state index is 0.108. The summed E-state index contributed by atoms with van der Waals surface area (Å²) in [4.78, 5) is 18.3. The van der Waals surface area contributed by atoms with Crippen molar-refractivity contribution in [1.82, 2.24) is 4.90 Å². The Bertz CT molecular complexity index is 347. The first-order chi connectivity index (χ1) is 8.74. The van der Waals surface area contributed by atoms with Gasteiger partial charge in [0.2, 0.25) is 0 Å². The molecule has 0 saturated carbocycles. The van der Waals surface area contributed by atoms with Crippen molar-refractivity contribution in [3.63, 3.8) is 0 Å². The topological polar surface area (TPSA) is 67.9 Å². The molecule has 19 heavy (non-hydrogen) atoms. The van der Waals surface area contributed by atoms with Gasteiger partial charge in [0.1, 0.15) is 11.4 Å². The molecular formula is C14H27N3O2. The zero-order valence-corrected chi connectivity index (χ0v) is 12.8. The van der Waals surface area contributed by atoms with Crippen LogP contribution in [0.5, 0.6) is 0 Å². The van der Waals surface area contributed by atoms with Gasteiger partial charge < -0.3 is 10.5 Å². The third-order valence-electron chi connectivity index (χ3n) is 3.18. The standard InChI is InChI=1S/C14H27N3O2/c1-6-10(2)16-12(15)11-8-7-9-17(11)13(18)19-14(3,4)5/h10-11H,6-9H2,1-5H3,(H2,15,16)/t10?,11-/m0/s1. The Hall–Kier alpha value is -1.26. The summed E-state index contributed by atoms with van der Waals surface area (Å²) in [5.74, 6) is 0.553. The van der Waals surface area contributed by atoms with Gasteiger partial charge in [0.05, 0.1) is 6.04 Å². The summed E-state index contributed by atoms with van der Waals surface area (Å²) >= 11 is 0. The molecule has 2 atom stereocenters. The largest absolute Gasteiger partial charge is 0.444 e. The number of nitrogens with two attached hydrogens (primary N) is 1. The Morgan fingerprint density at radius 2 is 2.16 bits per heavy atom. The number of carbonyl (C=O) groups is 1. The van der Waals surface area contributed by atoms with Gasteiger partial charge in [-0.05, 0) is 47.0 Å². The highest BCUT2D eigenvalue weighted by atomic mass is 16.6. The summed E-state index contributed by atoms with van der Waals surface area (Å²) in [6, 6.07) is 0.0879. The smallest absolute Gasteiger partial charge is 0.410 e. The van der Waals surface area contributed by atoms with Crippen molar-refractivity contribution in [1.29, 1.82) is 0 Å². The van der Waals surface area contributed by atoms with E-state index in [0.29, 0.717) is 12.4 Å². The number of carbonyl (C=O) groups excluding carboxylic acids is 1. The number of rotatable bonds is 3. The Kier molecular flexibility index (Phi) is 5.20. The third kappa shape index (κ3) is 4.73. The van der Waals surface area contributed by atoms with Crippen LogP contribution in [0.25, 0.3) is 0 Å². The Morgan fingerprint density at radius 3 is 2.68 bits per heavy atom. The van der Waals surface area contributed by atoms with Crippen molar-refractivity contribution in [3.8, 4) is 0 Å². The fraction of sp³-hybridized carbons (Fsp3) is 0.857. The van der Waals surface area contributed by atoms with Crippen LogP contribution in [-0.4, -0.2) is 41.1 Å². The second kappa shape index (κ2) is 6.26. The molecule has 0 aromatic carbocycles. The molecule has 2 N–H and O–H groups in total. The van der Waals surface area contributed by atoms with Crippen LogP contribution in [0.2, 0.25) is 0 Å². The molecule has 1 aliphatic rings. The zero-order valence-electron chi connectivity index (χ0n) is 12.8. The predicted molar refractivity (Wildman–Crippen MR) is 77.3 cm³/mol. The van der Waals surface area contributed by atoms with E-state index in [0.717, 1.165) is 19.3 Å². The summed E-state index contributed by atoms with van der Waals surface area (Å²) in [7, 11) is 0. The molecular weight excluding hydrogens is 242 g/mol. The molecule has 1 rings (SSSR count). The Labute approximate surface area is 116 Å². The molecule has 110 valence electrons. The maximum absolute atomic E-state index is 12.1. The van der Waals surface area contributed by atoms with Crippen molar-refractivity contribution < 1.29 is 9.53 Å². The van der Waals surface area contributed by atoms with Crippen LogP contribution in [0.4, 0.5) is 4.79 Å². The number of hydrogen-bond acceptors (Lipinski definition) is 3. The van der Waals surface area contributed by atoms with Gasteiger partial charge in [0.15, 0.2) is 0 Å². The first-order valence-corrected chi connectivity index (χ1v) is 7.07. The average molecular weight is 269 g/mol. The van der Waals surface area contributed by atoms with E-state index < -0.39 is 5.60 Å². The highest BCUT2D eigenvalue weighted by Gasteiger charge is 2.34. The normalized spacial score (nSPS) is 22.5. The molecule has 1 aliphatic heterocycles. The van der Waals surface area contributed by atoms with E-state index in [1.807, 2.05) is 27.7 Å². The van der Waals surface area contributed by atoms with Gasteiger partial charge >= 0.3 is 6.09 Å². The zero-order chi connectivity index (χ0) is 14.6. The van der Waals surface area contributed by atoms with Gasteiger partial charge in [-0.15, -0.1) is 0 Å². The van der Waals surface area contributed by atoms with E-state index in [-0.39, 0.29) is 18.2 Å². The van der Waals surface area contributed by atoms with Crippen LogP contribution in [-0.2, 0) is 4.74 Å². The molecule has 0 radical (unpaired) electrons. The molecule has 1 amide bonds. The summed E-state index contributed by atoms with van der Waals surface area (Å²) in [5.41, 5.74) is 5.57. The van der Waals surface area contributed by atoms with Gasteiger partial charge in [0.25, 0.3) is 0 Å². The molecule has 5 heteroatoms. The number of aliphatic imine (C=N–C) groups is 1. The summed E-state index contributed by atoms with van der Waals surface area (Å²) in [5, 5.41) is 0. The highest BCUT2D eigenvalue weighted by Crippen LogP contribution is 2.21. The number of amidine groups is 1. The minimum Gasteiger partial charge on any atom is -0.444 e. The molecule has 0 aliphatic carbocycles. The molecule has 0 spiro atoms. The average Bonchev–Trinajstić information content (AvgIpc) is 2.75. The predicted octanol–water partition coefficient (Wildman–Crippen LogP) is 2.54. The molecule has 0 bridgehead atoms. The molecule has 1 fully saturated rings. The lowest BCUT2D eigenvalue weighted by Crippen LogP contribution is -2.46. The van der Waals surface area contributed by atoms with E-state index in [1.54, 1.807) is 4.90 Å². The fourth-order valence-corrected chi connectivity index (χ4v) is 2.05. The molecule has 0 aromatic rings. The molecule has 1 heterocycles. The lowest BCUT2D eigenvalue weighted by Gasteiger charge is -2.28. The second-order valence-corrected chi connectivity index (χ2v) is 6.14. The SMILES string of the molecule is CCC(C)N=C(N)[C@@H]1CCCN1C(=O)OC(C)(C)C. The monoisotopic (exact) mass is 269 g/mol. The number of hydrogen-bond donors (Lipinski definition) is 1. The Balaban J connectivity index is 2.74. The number of ether oxygens (including phenoxy) is 1. The van der Waals surface area contributed by atoms with E-state index in [2.05, 4.69) is 11.9 Å². The first kappa shape index (κ1) is 15.8. The summed E-state index contributed by atoms with van der Waals surface area (Å²) < 4.78 is 5.41. The molecule has 1 saturated heterocycles. The first-order valence-electron chi connectivity index (χ1n) is 7.07.